The first-order valence-electron chi connectivity index (χ1n) is 6.37. The van der Waals surface area contributed by atoms with Crippen molar-refractivity contribution in [3.8, 4) is 0 Å². The number of nitrogens with one attached hydrogen (secondary N) is 2. The first-order valence-corrected chi connectivity index (χ1v) is 6.37. The van der Waals surface area contributed by atoms with Crippen molar-refractivity contribution in [2.24, 2.45) is 0 Å². The highest BCUT2D eigenvalue weighted by atomic mass is 19.4. The molecule has 2 N–H and O–H groups in total. The van der Waals surface area contributed by atoms with Crippen molar-refractivity contribution in [2.45, 2.75) is 12.7 Å². The largest absolute Gasteiger partial charge is 0.471 e. The molecule has 0 fully saturated rings. The lowest BCUT2D eigenvalue weighted by molar-refractivity contribution is -0.167. The van der Waals surface area contributed by atoms with Gasteiger partial charge in [0.1, 0.15) is 5.69 Å². The van der Waals surface area contributed by atoms with Gasteiger partial charge in [-0.15, -0.1) is 0 Å². The molecule has 0 saturated heterocycles. The molecule has 23 heavy (non-hydrogen) atoms. The minimum absolute atomic E-state index is 0.0105. The summed E-state index contributed by atoms with van der Waals surface area (Å²) in [5, 5.41) is 4.32. The Morgan fingerprint density at radius 1 is 1.09 bits per heavy atom. The van der Waals surface area contributed by atoms with E-state index in [0.717, 1.165) is 0 Å². The summed E-state index contributed by atoms with van der Waals surface area (Å²) in [5.41, 5.74) is 0.810. The van der Waals surface area contributed by atoms with Gasteiger partial charge < -0.3 is 10.6 Å². The van der Waals surface area contributed by atoms with Crippen LogP contribution in [0.4, 0.5) is 18.9 Å². The molecule has 0 atom stereocenters. The Morgan fingerprint density at radius 2 is 1.78 bits per heavy atom. The molecule has 0 aliphatic rings. The Labute approximate surface area is 128 Å². The third-order valence-corrected chi connectivity index (χ3v) is 2.72. The number of carbonyl (C=O) groups excluding carboxylic acids is 2. The van der Waals surface area contributed by atoms with Gasteiger partial charge in [0.2, 0.25) is 0 Å². The second-order valence-electron chi connectivity index (χ2n) is 4.42. The van der Waals surface area contributed by atoms with Crippen LogP contribution in [0.5, 0.6) is 0 Å². The van der Waals surface area contributed by atoms with E-state index in [1.807, 2.05) is 0 Å². The lowest BCUT2D eigenvalue weighted by Crippen LogP contribution is -2.29. The van der Waals surface area contributed by atoms with Crippen LogP contribution in [0.3, 0.4) is 0 Å². The number of alkyl halides is 3. The molecule has 1 aromatic heterocycles. The van der Waals surface area contributed by atoms with E-state index in [0.29, 0.717) is 5.56 Å². The quantitative estimate of drug-likeness (QED) is 0.900. The standard InChI is InChI=1S/C14H11F3N4O2/c15-14(16,17)13(23)21-10-3-1-9(2-4-10)7-20-12(22)11-8-18-5-6-19-11/h1-6,8H,7H2,(H,20,22)(H,21,23). The third-order valence-electron chi connectivity index (χ3n) is 2.72. The summed E-state index contributed by atoms with van der Waals surface area (Å²) in [6.07, 6.45) is -0.813. The maximum atomic E-state index is 12.1. The molecule has 0 saturated carbocycles. The SMILES string of the molecule is O=C(NCc1ccc(NC(=O)C(F)(F)F)cc1)c1cnccn1. The van der Waals surface area contributed by atoms with Crippen molar-refractivity contribution in [2.75, 3.05) is 5.32 Å². The van der Waals surface area contributed by atoms with E-state index in [2.05, 4.69) is 15.3 Å². The van der Waals surface area contributed by atoms with Crippen LogP contribution in [-0.2, 0) is 11.3 Å². The van der Waals surface area contributed by atoms with E-state index in [1.165, 1.54) is 42.9 Å². The molecule has 120 valence electrons. The monoisotopic (exact) mass is 324 g/mol. The summed E-state index contributed by atoms with van der Waals surface area (Å²) in [6, 6.07) is 5.60. The zero-order chi connectivity index (χ0) is 16.9. The number of hydrogen-bond donors (Lipinski definition) is 2. The summed E-state index contributed by atoms with van der Waals surface area (Å²) in [6.45, 7) is 0.156. The van der Waals surface area contributed by atoms with Crippen LogP contribution in [0.1, 0.15) is 16.1 Å². The van der Waals surface area contributed by atoms with Gasteiger partial charge in [-0.2, -0.15) is 13.2 Å². The third kappa shape index (κ3) is 4.77. The molecule has 6 nitrogen and oxygen atoms in total. The molecule has 0 aliphatic carbocycles. The fourth-order valence-corrected chi connectivity index (χ4v) is 1.60. The van der Waals surface area contributed by atoms with Crippen LogP contribution in [0, 0.1) is 0 Å². The summed E-state index contributed by atoms with van der Waals surface area (Å²) >= 11 is 0. The maximum absolute atomic E-state index is 12.1. The number of amides is 2. The van der Waals surface area contributed by atoms with Gasteiger partial charge in [-0.05, 0) is 17.7 Å². The number of benzene rings is 1. The van der Waals surface area contributed by atoms with Crippen molar-refractivity contribution < 1.29 is 22.8 Å². The van der Waals surface area contributed by atoms with Crippen LogP contribution in [0.2, 0.25) is 0 Å². The van der Waals surface area contributed by atoms with Crippen LogP contribution < -0.4 is 10.6 Å². The molecule has 0 radical (unpaired) electrons. The summed E-state index contributed by atoms with van der Waals surface area (Å²) < 4.78 is 36.3. The molecular formula is C14H11F3N4O2. The number of nitrogens with zero attached hydrogens (tertiary/aromatic N) is 2. The number of halogens is 3. The highest BCUT2D eigenvalue weighted by Crippen LogP contribution is 2.18. The Kier molecular flexibility index (Phi) is 4.89. The van der Waals surface area contributed by atoms with E-state index < -0.39 is 18.0 Å². The average molecular weight is 324 g/mol. The van der Waals surface area contributed by atoms with Gasteiger partial charge in [-0.1, -0.05) is 12.1 Å². The molecule has 2 aromatic rings. The van der Waals surface area contributed by atoms with Gasteiger partial charge >= 0.3 is 12.1 Å². The zero-order valence-electron chi connectivity index (χ0n) is 11.6. The molecule has 2 amide bonds. The number of anilines is 1. The minimum atomic E-state index is -4.94. The van der Waals surface area contributed by atoms with Gasteiger partial charge in [0.25, 0.3) is 5.91 Å². The van der Waals surface area contributed by atoms with Crippen LogP contribution in [0.25, 0.3) is 0 Å². The predicted molar refractivity (Wildman–Crippen MR) is 74.3 cm³/mol. The topological polar surface area (TPSA) is 84.0 Å². The number of rotatable bonds is 4. The predicted octanol–water partition coefficient (Wildman–Crippen LogP) is 1.91. The Morgan fingerprint density at radius 3 is 2.35 bits per heavy atom. The van der Waals surface area contributed by atoms with Gasteiger partial charge in [-0.3, -0.25) is 14.6 Å². The normalized spacial score (nSPS) is 10.9. The van der Waals surface area contributed by atoms with E-state index >= 15 is 0 Å². The number of hydrogen-bond acceptors (Lipinski definition) is 4. The molecule has 2 rings (SSSR count). The van der Waals surface area contributed by atoms with Crippen molar-refractivity contribution in [3.63, 3.8) is 0 Å². The van der Waals surface area contributed by atoms with E-state index in [1.54, 1.807) is 5.32 Å². The van der Waals surface area contributed by atoms with Crippen LogP contribution in [0.15, 0.2) is 42.9 Å². The molecule has 9 heteroatoms. The van der Waals surface area contributed by atoms with Crippen LogP contribution in [-0.4, -0.2) is 28.0 Å². The van der Waals surface area contributed by atoms with Crippen LogP contribution >= 0.6 is 0 Å². The molecule has 0 aliphatic heterocycles. The zero-order valence-corrected chi connectivity index (χ0v) is 11.6. The van der Waals surface area contributed by atoms with E-state index in [9.17, 15) is 22.8 Å². The maximum Gasteiger partial charge on any atom is 0.471 e. The first-order chi connectivity index (χ1) is 10.9. The summed E-state index contributed by atoms with van der Waals surface area (Å²) in [7, 11) is 0. The number of carbonyl (C=O) groups is 2. The Balaban J connectivity index is 1.90. The Hall–Kier alpha value is -2.97. The molecule has 0 spiro atoms. The van der Waals surface area contributed by atoms with E-state index in [-0.39, 0.29) is 17.9 Å². The molecule has 1 heterocycles. The molecule has 1 aromatic carbocycles. The molecular weight excluding hydrogens is 313 g/mol. The van der Waals surface area contributed by atoms with Gasteiger partial charge in [0, 0.05) is 24.6 Å². The Bertz CT molecular complexity index is 687. The smallest absolute Gasteiger partial charge is 0.347 e. The van der Waals surface area contributed by atoms with Gasteiger partial charge in [0.05, 0.1) is 6.20 Å². The lowest BCUT2D eigenvalue weighted by Gasteiger charge is -2.09. The fraction of sp³-hybridized carbons (Fsp3) is 0.143. The van der Waals surface area contributed by atoms with E-state index in [4.69, 9.17) is 0 Å². The van der Waals surface area contributed by atoms with Crippen molar-refractivity contribution in [1.82, 2.24) is 15.3 Å². The molecule has 0 bridgehead atoms. The second kappa shape index (κ2) is 6.86. The summed E-state index contributed by atoms with van der Waals surface area (Å²) in [5.74, 6) is -2.46. The first kappa shape index (κ1) is 16.4. The fourth-order valence-electron chi connectivity index (χ4n) is 1.60. The summed E-state index contributed by atoms with van der Waals surface area (Å²) in [4.78, 5) is 30.1. The van der Waals surface area contributed by atoms with Crippen molar-refractivity contribution >= 4 is 17.5 Å². The minimum Gasteiger partial charge on any atom is -0.347 e. The molecule has 0 unspecified atom stereocenters. The van der Waals surface area contributed by atoms with Crippen molar-refractivity contribution in [3.05, 3.63) is 54.1 Å². The second-order valence-corrected chi connectivity index (χ2v) is 4.42. The lowest BCUT2D eigenvalue weighted by atomic mass is 10.2. The van der Waals surface area contributed by atoms with Gasteiger partial charge in [-0.25, -0.2) is 4.98 Å². The number of aromatic nitrogens is 2. The highest BCUT2D eigenvalue weighted by Gasteiger charge is 2.38. The van der Waals surface area contributed by atoms with Crippen molar-refractivity contribution in [1.29, 1.82) is 0 Å². The van der Waals surface area contributed by atoms with Gasteiger partial charge in [0.15, 0.2) is 0 Å². The highest BCUT2D eigenvalue weighted by molar-refractivity contribution is 5.95. The average Bonchev–Trinajstić information content (AvgIpc) is 2.54.